The Labute approximate surface area is 147 Å². The van der Waals surface area contributed by atoms with Gasteiger partial charge in [-0.3, -0.25) is 4.98 Å². The minimum absolute atomic E-state index is 0.762. The van der Waals surface area contributed by atoms with Crippen LogP contribution in [0.25, 0.3) is 16.8 Å². The van der Waals surface area contributed by atoms with Crippen LogP contribution in [-0.2, 0) is 5.60 Å². The number of aryl methyl sites for hydroxylation is 2. The molecule has 5 heteroatoms. The van der Waals surface area contributed by atoms with E-state index in [2.05, 4.69) is 10.1 Å². The van der Waals surface area contributed by atoms with Crippen LogP contribution in [0.1, 0.15) is 30.8 Å². The lowest BCUT2D eigenvalue weighted by atomic mass is 9.96. The summed E-state index contributed by atoms with van der Waals surface area (Å²) < 4.78 is 7.30. The van der Waals surface area contributed by atoms with Gasteiger partial charge in [0.25, 0.3) is 0 Å². The average Bonchev–Trinajstić information content (AvgIpc) is 2.92. The zero-order chi connectivity index (χ0) is 18.2. The minimum atomic E-state index is -0.951. The van der Waals surface area contributed by atoms with Gasteiger partial charge in [0.2, 0.25) is 0 Å². The molecule has 0 saturated heterocycles. The first-order chi connectivity index (χ1) is 11.8. The summed E-state index contributed by atoms with van der Waals surface area (Å²) in [6.45, 7) is 7.50. The lowest BCUT2D eigenvalue weighted by Gasteiger charge is -2.19. The summed E-state index contributed by atoms with van der Waals surface area (Å²) in [5.41, 5.74) is 4.62. The van der Waals surface area contributed by atoms with E-state index in [0.717, 1.165) is 39.5 Å². The number of aromatic nitrogens is 3. The molecule has 3 rings (SSSR count). The van der Waals surface area contributed by atoms with Gasteiger partial charge in [0, 0.05) is 40.8 Å². The van der Waals surface area contributed by atoms with Crippen LogP contribution in [0.5, 0.6) is 5.75 Å². The molecule has 0 bridgehead atoms. The second-order valence-corrected chi connectivity index (χ2v) is 6.74. The number of hydrogen-bond donors (Lipinski definition) is 1. The maximum atomic E-state index is 10.3. The van der Waals surface area contributed by atoms with Crippen molar-refractivity contribution in [3.63, 3.8) is 0 Å². The van der Waals surface area contributed by atoms with Gasteiger partial charge in [-0.05, 0) is 52.0 Å². The molecule has 0 atom stereocenters. The summed E-state index contributed by atoms with van der Waals surface area (Å²) in [6.07, 6.45) is 3.49. The molecule has 0 aliphatic carbocycles. The molecule has 0 amide bonds. The maximum Gasteiger partial charge on any atom is 0.121 e. The zero-order valence-electron chi connectivity index (χ0n) is 15.2. The van der Waals surface area contributed by atoms with Crippen molar-refractivity contribution in [1.82, 2.24) is 14.8 Å². The highest BCUT2D eigenvalue weighted by Gasteiger charge is 2.19. The van der Waals surface area contributed by atoms with E-state index in [-0.39, 0.29) is 0 Å². The first-order valence-corrected chi connectivity index (χ1v) is 8.19. The number of nitrogens with zero attached hydrogens (tertiary/aromatic N) is 3. The number of ether oxygens (including phenoxy) is 1. The standard InChI is InChI=1S/C20H23N3O2/c1-13-8-14(2)23(22-13)19-10-17(25-5)6-7-18(19)15-9-16(12-21-11-15)20(3,4)24/h6-12,24H,1-5H3. The lowest BCUT2D eigenvalue weighted by Crippen LogP contribution is -2.15. The fraction of sp³-hybridized carbons (Fsp3) is 0.300. The SMILES string of the molecule is COc1ccc(-c2cncc(C(C)(C)O)c2)c(-n2nc(C)cc2C)c1. The lowest BCUT2D eigenvalue weighted by molar-refractivity contribution is 0.0783. The van der Waals surface area contributed by atoms with Crippen LogP contribution in [0.2, 0.25) is 0 Å². The van der Waals surface area contributed by atoms with Gasteiger partial charge in [-0.1, -0.05) is 0 Å². The van der Waals surface area contributed by atoms with Crippen LogP contribution in [0.3, 0.4) is 0 Å². The van der Waals surface area contributed by atoms with Crippen LogP contribution in [-0.4, -0.2) is 27.0 Å². The van der Waals surface area contributed by atoms with Gasteiger partial charge in [0.15, 0.2) is 0 Å². The second-order valence-electron chi connectivity index (χ2n) is 6.74. The highest BCUT2D eigenvalue weighted by molar-refractivity contribution is 5.74. The molecule has 0 unspecified atom stereocenters. The normalized spacial score (nSPS) is 11.6. The number of hydrogen-bond acceptors (Lipinski definition) is 4. The topological polar surface area (TPSA) is 60.2 Å². The molecule has 1 N–H and O–H groups in total. The Balaban J connectivity index is 2.22. The molecule has 0 saturated carbocycles. The Hall–Kier alpha value is -2.66. The Morgan fingerprint density at radius 1 is 1.08 bits per heavy atom. The quantitative estimate of drug-likeness (QED) is 0.787. The number of rotatable bonds is 4. The van der Waals surface area contributed by atoms with E-state index < -0.39 is 5.60 Å². The van der Waals surface area contributed by atoms with E-state index in [9.17, 15) is 5.11 Å². The van der Waals surface area contributed by atoms with Gasteiger partial charge < -0.3 is 9.84 Å². The highest BCUT2D eigenvalue weighted by atomic mass is 16.5. The van der Waals surface area contributed by atoms with Crippen molar-refractivity contribution in [2.45, 2.75) is 33.3 Å². The summed E-state index contributed by atoms with van der Waals surface area (Å²) in [5, 5.41) is 14.9. The van der Waals surface area contributed by atoms with Crippen molar-refractivity contribution in [2.75, 3.05) is 7.11 Å². The molecule has 130 valence electrons. The van der Waals surface area contributed by atoms with Crippen molar-refractivity contribution in [3.8, 4) is 22.6 Å². The summed E-state index contributed by atoms with van der Waals surface area (Å²) in [6, 6.07) is 9.88. The third-order valence-corrected chi connectivity index (χ3v) is 4.20. The van der Waals surface area contributed by atoms with E-state index in [1.54, 1.807) is 33.4 Å². The van der Waals surface area contributed by atoms with Crippen molar-refractivity contribution in [2.24, 2.45) is 0 Å². The summed E-state index contributed by atoms with van der Waals surface area (Å²) in [5.74, 6) is 0.762. The number of benzene rings is 1. The van der Waals surface area contributed by atoms with Gasteiger partial charge in [-0.15, -0.1) is 0 Å². The molecule has 2 aromatic heterocycles. The number of aliphatic hydroxyl groups is 1. The molecule has 3 aromatic rings. The largest absolute Gasteiger partial charge is 0.497 e. The minimum Gasteiger partial charge on any atom is -0.497 e. The van der Waals surface area contributed by atoms with Gasteiger partial charge in [-0.2, -0.15) is 5.10 Å². The average molecular weight is 337 g/mol. The van der Waals surface area contributed by atoms with Crippen molar-refractivity contribution >= 4 is 0 Å². The third-order valence-electron chi connectivity index (χ3n) is 4.20. The van der Waals surface area contributed by atoms with Crippen LogP contribution in [0.15, 0.2) is 42.7 Å². The van der Waals surface area contributed by atoms with Gasteiger partial charge in [0.1, 0.15) is 5.75 Å². The first-order valence-electron chi connectivity index (χ1n) is 8.19. The van der Waals surface area contributed by atoms with Crippen LogP contribution < -0.4 is 4.74 Å². The molecule has 0 aliphatic heterocycles. The number of methoxy groups -OCH3 is 1. The maximum absolute atomic E-state index is 10.3. The van der Waals surface area contributed by atoms with Crippen molar-refractivity contribution in [1.29, 1.82) is 0 Å². The zero-order valence-corrected chi connectivity index (χ0v) is 15.2. The molecule has 0 spiro atoms. The van der Waals surface area contributed by atoms with E-state index in [1.807, 2.05) is 48.9 Å². The Kier molecular flexibility index (Phi) is 4.35. The smallest absolute Gasteiger partial charge is 0.121 e. The molecule has 25 heavy (non-hydrogen) atoms. The predicted octanol–water partition coefficient (Wildman–Crippen LogP) is 3.79. The molecule has 2 heterocycles. The molecular weight excluding hydrogens is 314 g/mol. The summed E-state index contributed by atoms with van der Waals surface area (Å²) in [7, 11) is 1.65. The van der Waals surface area contributed by atoms with Crippen LogP contribution in [0.4, 0.5) is 0 Å². The monoisotopic (exact) mass is 337 g/mol. The van der Waals surface area contributed by atoms with Crippen molar-refractivity contribution in [3.05, 3.63) is 59.7 Å². The molecule has 5 nitrogen and oxygen atoms in total. The van der Waals surface area contributed by atoms with Crippen LogP contribution >= 0.6 is 0 Å². The first kappa shape index (κ1) is 17.2. The van der Waals surface area contributed by atoms with Crippen LogP contribution in [0, 0.1) is 13.8 Å². The Morgan fingerprint density at radius 3 is 2.44 bits per heavy atom. The second kappa shape index (κ2) is 6.33. The van der Waals surface area contributed by atoms with E-state index >= 15 is 0 Å². The van der Waals surface area contributed by atoms with E-state index in [0.29, 0.717) is 0 Å². The fourth-order valence-corrected chi connectivity index (χ4v) is 2.85. The molecule has 0 aliphatic rings. The molecular formula is C20H23N3O2. The molecule has 1 aromatic carbocycles. The predicted molar refractivity (Wildman–Crippen MR) is 98.1 cm³/mol. The van der Waals surface area contributed by atoms with Crippen molar-refractivity contribution < 1.29 is 9.84 Å². The molecule has 0 fully saturated rings. The van der Waals surface area contributed by atoms with Gasteiger partial charge in [0.05, 0.1) is 24.1 Å². The summed E-state index contributed by atoms with van der Waals surface area (Å²) in [4.78, 5) is 4.31. The fourth-order valence-electron chi connectivity index (χ4n) is 2.85. The highest BCUT2D eigenvalue weighted by Crippen LogP contribution is 2.32. The Bertz CT molecular complexity index is 908. The third kappa shape index (κ3) is 3.42. The molecule has 0 radical (unpaired) electrons. The van der Waals surface area contributed by atoms with E-state index in [4.69, 9.17) is 4.74 Å². The summed E-state index contributed by atoms with van der Waals surface area (Å²) >= 11 is 0. The number of pyridine rings is 1. The van der Waals surface area contributed by atoms with E-state index in [1.165, 1.54) is 0 Å². The van der Waals surface area contributed by atoms with Gasteiger partial charge in [-0.25, -0.2) is 4.68 Å². The Morgan fingerprint density at radius 2 is 1.84 bits per heavy atom. The van der Waals surface area contributed by atoms with Gasteiger partial charge >= 0.3 is 0 Å².